The van der Waals surface area contributed by atoms with Gasteiger partial charge in [-0.25, -0.2) is 4.21 Å². The second kappa shape index (κ2) is 5.31. The highest BCUT2D eigenvalue weighted by Gasteiger charge is 2.35. The van der Waals surface area contributed by atoms with E-state index in [4.69, 9.17) is 0 Å². The molecule has 0 amide bonds. The highest BCUT2D eigenvalue weighted by atomic mass is 32.2. The fourth-order valence-corrected chi connectivity index (χ4v) is 1.50. The zero-order valence-electron chi connectivity index (χ0n) is 8.62. The molecule has 0 heterocycles. The number of alkyl halides is 3. The van der Waals surface area contributed by atoms with Crippen LogP contribution in [0.2, 0.25) is 0 Å². The van der Waals surface area contributed by atoms with Crippen molar-refractivity contribution in [3.8, 4) is 0 Å². The van der Waals surface area contributed by atoms with Gasteiger partial charge in [0.1, 0.15) is 6.26 Å². The first-order valence-corrected chi connectivity index (χ1v) is 5.46. The average Bonchev–Trinajstić information content (AvgIpc) is 2.25. The van der Waals surface area contributed by atoms with Gasteiger partial charge in [0.15, 0.2) is 0 Å². The van der Waals surface area contributed by atoms with Gasteiger partial charge in [0, 0.05) is 0 Å². The van der Waals surface area contributed by atoms with Crippen LogP contribution in [0.4, 0.5) is 17.6 Å². The molecule has 94 valence electrons. The number of aryl methyl sites for hydroxylation is 1. The standard InChI is InChI=1S/C10H8F4O2S/c1-7-2-4-8(5-3-7)17(15)16-6-9(11)10(12,13)14/h2-6H,1H3/b9-6-. The summed E-state index contributed by atoms with van der Waals surface area (Å²) in [4.78, 5) is 0.154. The molecule has 0 N–H and O–H groups in total. The van der Waals surface area contributed by atoms with E-state index in [-0.39, 0.29) is 11.2 Å². The Labute approximate surface area is 97.6 Å². The van der Waals surface area contributed by atoms with E-state index >= 15 is 0 Å². The van der Waals surface area contributed by atoms with Crippen LogP contribution in [-0.2, 0) is 15.3 Å². The maximum atomic E-state index is 12.3. The van der Waals surface area contributed by atoms with Gasteiger partial charge in [-0.2, -0.15) is 17.6 Å². The smallest absolute Gasteiger partial charge is 0.402 e. The van der Waals surface area contributed by atoms with E-state index in [1.165, 1.54) is 12.1 Å². The third kappa shape index (κ3) is 4.18. The van der Waals surface area contributed by atoms with E-state index in [1.54, 1.807) is 19.1 Å². The van der Waals surface area contributed by atoms with Gasteiger partial charge in [-0.1, -0.05) is 17.7 Å². The number of allylic oxidation sites excluding steroid dienone is 1. The van der Waals surface area contributed by atoms with Crippen molar-refractivity contribution in [2.24, 2.45) is 0 Å². The number of halogens is 4. The van der Waals surface area contributed by atoms with Crippen LogP contribution in [-0.4, -0.2) is 10.4 Å². The molecule has 0 fully saturated rings. The highest BCUT2D eigenvalue weighted by Crippen LogP contribution is 2.26. The zero-order chi connectivity index (χ0) is 13.1. The summed E-state index contributed by atoms with van der Waals surface area (Å²) in [5.74, 6) is -2.43. The maximum absolute atomic E-state index is 12.3. The molecule has 0 spiro atoms. The molecule has 0 radical (unpaired) electrons. The normalized spacial score (nSPS) is 14.5. The van der Waals surface area contributed by atoms with Crippen LogP contribution in [0.15, 0.2) is 41.2 Å². The summed E-state index contributed by atoms with van der Waals surface area (Å²) >= 11 is -2.16. The Morgan fingerprint density at radius 1 is 1.29 bits per heavy atom. The SMILES string of the molecule is Cc1ccc(S(=O)O/C=C(\F)C(F)(F)F)cc1. The van der Waals surface area contributed by atoms with Gasteiger partial charge in [0.05, 0.1) is 4.90 Å². The highest BCUT2D eigenvalue weighted by molar-refractivity contribution is 7.80. The van der Waals surface area contributed by atoms with Crippen LogP contribution < -0.4 is 0 Å². The van der Waals surface area contributed by atoms with Crippen molar-refractivity contribution < 1.29 is 26.0 Å². The average molecular weight is 268 g/mol. The van der Waals surface area contributed by atoms with Crippen LogP contribution in [0.5, 0.6) is 0 Å². The third-order valence-corrected chi connectivity index (χ3v) is 2.65. The molecule has 1 atom stereocenters. The molecule has 0 saturated carbocycles. The van der Waals surface area contributed by atoms with Crippen molar-refractivity contribution in [3.63, 3.8) is 0 Å². The first kappa shape index (κ1) is 13.7. The van der Waals surface area contributed by atoms with Crippen LogP contribution in [0.1, 0.15) is 5.56 Å². The van der Waals surface area contributed by atoms with E-state index in [9.17, 15) is 21.8 Å². The Morgan fingerprint density at radius 3 is 2.29 bits per heavy atom. The molecule has 0 aliphatic heterocycles. The second-order valence-electron chi connectivity index (χ2n) is 3.11. The Morgan fingerprint density at radius 2 is 1.82 bits per heavy atom. The minimum absolute atomic E-state index is 0.154. The summed E-state index contributed by atoms with van der Waals surface area (Å²) in [7, 11) is 0. The van der Waals surface area contributed by atoms with Gasteiger partial charge < -0.3 is 4.18 Å². The van der Waals surface area contributed by atoms with Crippen molar-refractivity contribution in [1.82, 2.24) is 0 Å². The monoisotopic (exact) mass is 268 g/mol. The van der Waals surface area contributed by atoms with E-state index in [1.807, 2.05) is 0 Å². The molecule has 0 aliphatic rings. The first-order chi connectivity index (χ1) is 7.80. The molecule has 0 bridgehead atoms. The Hall–Kier alpha value is -1.37. The molecule has 7 heteroatoms. The number of rotatable bonds is 3. The van der Waals surface area contributed by atoms with Gasteiger partial charge in [0.25, 0.3) is 0 Å². The molecule has 1 unspecified atom stereocenters. The largest absolute Gasteiger partial charge is 0.446 e. The molecular weight excluding hydrogens is 260 g/mol. The summed E-state index contributed by atoms with van der Waals surface area (Å²) in [6, 6.07) is 6.07. The summed E-state index contributed by atoms with van der Waals surface area (Å²) in [5, 5.41) is 0. The van der Waals surface area contributed by atoms with Crippen molar-refractivity contribution in [1.29, 1.82) is 0 Å². The second-order valence-corrected chi connectivity index (χ2v) is 4.24. The maximum Gasteiger partial charge on any atom is 0.446 e. The number of benzene rings is 1. The summed E-state index contributed by atoms with van der Waals surface area (Å²) in [6.45, 7) is 1.79. The molecule has 0 saturated heterocycles. The van der Waals surface area contributed by atoms with Crippen molar-refractivity contribution >= 4 is 11.1 Å². The lowest BCUT2D eigenvalue weighted by Crippen LogP contribution is -2.08. The Bertz CT molecular complexity index is 437. The zero-order valence-corrected chi connectivity index (χ0v) is 9.44. The Kier molecular flexibility index (Phi) is 4.28. The molecule has 0 aliphatic carbocycles. The van der Waals surface area contributed by atoms with E-state index in [0.717, 1.165) is 5.56 Å². The Balaban J connectivity index is 2.71. The molecular formula is C10H8F4O2S. The lowest BCUT2D eigenvalue weighted by Gasteiger charge is -2.03. The van der Waals surface area contributed by atoms with Gasteiger partial charge in [-0.3, -0.25) is 0 Å². The van der Waals surface area contributed by atoms with Crippen molar-refractivity contribution in [3.05, 3.63) is 41.9 Å². The predicted octanol–water partition coefficient (Wildman–Crippen LogP) is 3.41. The van der Waals surface area contributed by atoms with Gasteiger partial charge in [-0.15, -0.1) is 0 Å². The fourth-order valence-electron chi connectivity index (χ4n) is 0.858. The summed E-state index contributed by atoms with van der Waals surface area (Å²) in [5.41, 5.74) is 0.891. The van der Waals surface area contributed by atoms with Gasteiger partial charge in [0.2, 0.25) is 16.9 Å². The van der Waals surface area contributed by atoms with Crippen LogP contribution in [0, 0.1) is 6.92 Å². The van der Waals surface area contributed by atoms with E-state index in [2.05, 4.69) is 4.18 Å². The van der Waals surface area contributed by atoms with Crippen LogP contribution in [0.3, 0.4) is 0 Å². The number of hydrogen-bond donors (Lipinski definition) is 0. The lowest BCUT2D eigenvalue weighted by atomic mass is 10.2. The molecule has 1 aromatic rings. The lowest BCUT2D eigenvalue weighted by molar-refractivity contribution is -0.110. The predicted molar refractivity (Wildman–Crippen MR) is 53.9 cm³/mol. The minimum Gasteiger partial charge on any atom is -0.402 e. The van der Waals surface area contributed by atoms with E-state index in [0.29, 0.717) is 0 Å². The molecule has 1 rings (SSSR count). The van der Waals surface area contributed by atoms with Gasteiger partial charge in [-0.05, 0) is 19.1 Å². The summed E-state index contributed by atoms with van der Waals surface area (Å²) < 4.78 is 63.0. The fraction of sp³-hybridized carbons (Fsp3) is 0.200. The molecule has 1 aromatic carbocycles. The summed E-state index contributed by atoms with van der Waals surface area (Å²) in [6.07, 6.45) is -5.33. The quantitative estimate of drug-likeness (QED) is 0.620. The van der Waals surface area contributed by atoms with Crippen molar-refractivity contribution in [2.45, 2.75) is 18.0 Å². The van der Waals surface area contributed by atoms with E-state index < -0.39 is 23.1 Å². The molecule has 0 aromatic heterocycles. The van der Waals surface area contributed by atoms with Crippen LogP contribution in [0.25, 0.3) is 0 Å². The number of hydrogen-bond acceptors (Lipinski definition) is 2. The first-order valence-electron chi connectivity index (χ1n) is 4.39. The molecule has 17 heavy (non-hydrogen) atoms. The van der Waals surface area contributed by atoms with Crippen molar-refractivity contribution in [2.75, 3.05) is 0 Å². The molecule has 2 nitrogen and oxygen atoms in total. The third-order valence-electron chi connectivity index (χ3n) is 1.72. The van der Waals surface area contributed by atoms with Crippen LogP contribution >= 0.6 is 0 Å². The topological polar surface area (TPSA) is 26.3 Å². The van der Waals surface area contributed by atoms with Gasteiger partial charge >= 0.3 is 6.18 Å². The minimum atomic E-state index is -5.13.